The number of nitrogens with zero attached hydrogens (tertiary/aromatic N) is 2. The van der Waals surface area contributed by atoms with Crippen LogP contribution in [-0.2, 0) is 0 Å². The summed E-state index contributed by atoms with van der Waals surface area (Å²) in [6, 6.07) is 23.3. The predicted molar refractivity (Wildman–Crippen MR) is 135 cm³/mol. The highest BCUT2D eigenvalue weighted by atomic mass is 16.6. The predicted octanol–water partition coefficient (Wildman–Crippen LogP) is 5.17. The Kier molecular flexibility index (Phi) is 7.37. The molecule has 35 heavy (non-hydrogen) atoms. The number of carbonyl (C=O) groups excluding carboxylic acids is 2. The van der Waals surface area contributed by atoms with Crippen LogP contribution in [0.1, 0.15) is 38.8 Å². The van der Waals surface area contributed by atoms with Crippen molar-refractivity contribution in [2.45, 2.75) is 13.8 Å². The number of hydrazone groups is 1. The summed E-state index contributed by atoms with van der Waals surface area (Å²) in [5.74, 6) is -0.0966. The molecule has 0 aliphatic carbocycles. The number of esters is 1. The molecular weight excluding hydrogens is 442 g/mol. The standard InChI is InChI=1S/C28H25N3O4/c1-3-34-26-18-21(12-15-25(26)35-28(33)22-13-10-20(2)11-14-22)19-29-30-27(32)23-8-4-5-9-24(23)31-16-6-7-17-31/h4-19H,3H2,1-2H3,(H,30,32)/b29-19-. The number of benzene rings is 3. The van der Waals surface area contributed by atoms with Crippen molar-refractivity contribution in [2.75, 3.05) is 6.61 Å². The second-order valence-electron chi connectivity index (χ2n) is 7.70. The summed E-state index contributed by atoms with van der Waals surface area (Å²) < 4.78 is 13.1. The lowest BCUT2D eigenvalue weighted by Crippen LogP contribution is -2.19. The number of para-hydroxylation sites is 1. The van der Waals surface area contributed by atoms with Crippen LogP contribution in [-0.4, -0.2) is 29.3 Å². The number of aryl methyl sites for hydroxylation is 1. The van der Waals surface area contributed by atoms with E-state index < -0.39 is 5.97 Å². The smallest absolute Gasteiger partial charge is 0.343 e. The van der Waals surface area contributed by atoms with E-state index in [-0.39, 0.29) is 5.91 Å². The van der Waals surface area contributed by atoms with E-state index in [0.717, 1.165) is 11.3 Å². The molecule has 4 aromatic rings. The zero-order chi connectivity index (χ0) is 24.6. The van der Waals surface area contributed by atoms with E-state index >= 15 is 0 Å². The first-order chi connectivity index (χ1) is 17.0. The Hall–Kier alpha value is -4.65. The van der Waals surface area contributed by atoms with E-state index in [1.165, 1.54) is 6.21 Å². The SMILES string of the molecule is CCOc1cc(/C=N\NC(=O)c2ccccc2-n2cccc2)ccc1OC(=O)c1ccc(C)cc1. The second kappa shape index (κ2) is 11.0. The quantitative estimate of drug-likeness (QED) is 0.168. The number of amides is 1. The van der Waals surface area contributed by atoms with Gasteiger partial charge in [-0.3, -0.25) is 4.79 Å². The summed E-state index contributed by atoms with van der Waals surface area (Å²) in [6.07, 6.45) is 5.25. The fraction of sp³-hybridized carbons (Fsp3) is 0.107. The van der Waals surface area contributed by atoms with Crippen molar-refractivity contribution in [3.8, 4) is 17.2 Å². The first-order valence-corrected chi connectivity index (χ1v) is 11.2. The summed E-state index contributed by atoms with van der Waals surface area (Å²) in [4.78, 5) is 25.2. The normalized spacial score (nSPS) is 10.8. The molecule has 1 N–H and O–H groups in total. The largest absolute Gasteiger partial charge is 0.490 e. The summed E-state index contributed by atoms with van der Waals surface area (Å²) in [5.41, 5.74) is 5.99. The Morgan fingerprint density at radius 1 is 0.943 bits per heavy atom. The van der Waals surface area contributed by atoms with Crippen molar-refractivity contribution in [3.05, 3.63) is 114 Å². The molecule has 0 spiro atoms. The first-order valence-electron chi connectivity index (χ1n) is 11.2. The zero-order valence-corrected chi connectivity index (χ0v) is 19.5. The van der Waals surface area contributed by atoms with Crippen LogP contribution in [0.3, 0.4) is 0 Å². The Morgan fingerprint density at radius 3 is 2.43 bits per heavy atom. The lowest BCUT2D eigenvalue weighted by atomic mass is 10.1. The Balaban J connectivity index is 1.46. The summed E-state index contributed by atoms with van der Waals surface area (Å²) >= 11 is 0. The van der Waals surface area contributed by atoms with Gasteiger partial charge in [-0.15, -0.1) is 0 Å². The number of ether oxygens (including phenoxy) is 2. The molecule has 1 amide bonds. The van der Waals surface area contributed by atoms with Crippen LogP contribution >= 0.6 is 0 Å². The molecule has 0 saturated carbocycles. The van der Waals surface area contributed by atoms with E-state index in [2.05, 4.69) is 10.5 Å². The van der Waals surface area contributed by atoms with Crippen LogP contribution < -0.4 is 14.9 Å². The van der Waals surface area contributed by atoms with Crippen molar-refractivity contribution in [1.82, 2.24) is 9.99 Å². The van der Waals surface area contributed by atoms with Gasteiger partial charge in [-0.2, -0.15) is 5.10 Å². The van der Waals surface area contributed by atoms with E-state index in [4.69, 9.17) is 9.47 Å². The van der Waals surface area contributed by atoms with E-state index in [0.29, 0.717) is 34.8 Å². The minimum atomic E-state index is -0.471. The number of rotatable bonds is 8. The Labute approximate surface area is 203 Å². The Bertz CT molecular complexity index is 1340. The third-order valence-electron chi connectivity index (χ3n) is 5.17. The number of hydrogen-bond donors (Lipinski definition) is 1. The van der Waals surface area contributed by atoms with Gasteiger partial charge in [-0.1, -0.05) is 29.8 Å². The van der Waals surface area contributed by atoms with E-state index in [1.807, 2.05) is 67.2 Å². The van der Waals surface area contributed by atoms with Crippen molar-refractivity contribution in [1.29, 1.82) is 0 Å². The molecule has 7 heteroatoms. The molecule has 0 bridgehead atoms. The van der Waals surface area contributed by atoms with Crippen molar-refractivity contribution in [3.63, 3.8) is 0 Å². The molecule has 0 aliphatic heterocycles. The van der Waals surface area contributed by atoms with Crippen LogP contribution in [0.5, 0.6) is 11.5 Å². The molecule has 0 saturated heterocycles. The van der Waals surface area contributed by atoms with Gasteiger partial charge < -0.3 is 14.0 Å². The van der Waals surface area contributed by atoms with Gasteiger partial charge in [0.05, 0.1) is 29.6 Å². The molecular formula is C28H25N3O4. The topological polar surface area (TPSA) is 81.9 Å². The van der Waals surface area contributed by atoms with Gasteiger partial charge in [-0.05, 0) is 74.0 Å². The van der Waals surface area contributed by atoms with Crippen LogP contribution in [0.25, 0.3) is 5.69 Å². The lowest BCUT2D eigenvalue weighted by molar-refractivity contribution is 0.0728. The molecule has 0 aliphatic rings. The van der Waals surface area contributed by atoms with Gasteiger partial charge in [0.25, 0.3) is 5.91 Å². The average Bonchev–Trinajstić information content (AvgIpc) is 3.41. The average molecular weight is 468 g/mol. The van der Waals surface area contributed by atoms with E-state index in [1.54, 1.807) is 42.5 Å². The summed E-state index contributed by atoms with van der Waals surface area (Å²) in [7, 11) is 0. The molecule has 4 rings (SSSR count). The minimum Gasteiger partial charge on any atom is -0.490 e. The number of hydrogen-bond acceptors (Lipinski definition) is 5. The van der Waals surface area contributed by atoms with Gasteiger partial charge in [0, 0.05) is 12.4 Å². The number of nitrogens with one attached hydrogen (secondary N) is 1. The molecule has 1 aromatic heterocycles. The zero-order valence-electron chi connectivity index (χ0n) is 19.5. The Morgan fingerprint density at radius 2 is 1.69 bits per heavy atom. The molecule has 0 radical (unpaired) electrons. The summed E-state index contributed by atoms with van der Waals surface area (Å²) in [5, 5.41) is 4.09. The fourth-order valence-electron chi connectivity index (χ4n) is 3.42. The van der Waals surface area contributed by atoms with Crippen molar-refractivity contribution in [2.24, 2.45) is 5.10 Å². The molecule has 7 nitrogen and oxygen atoms in total. The van der Waals surface area contributed by atoms with Crippen LogP contribution in [0.2, 0.25) is 0 Å². The second-order valence-corrected chi connectivity index (χ2v) is 7.70. The molecule has 1 heterocycles. The maximum absolute atomic E-state index is 12.7. The van der Waals surface area contributed by atoms with Gasteiger partial charge in [-0.25, -0.2) is 10.2 Å². The van der Waals surface area contributed by atoms with Crippen LogP contribution in [0, 0.1) is 6.92 Å². The lowest BCUT2D eigenvalue weighted by Gasteiger charge is -2.11. The highest BCUT2D eigenvalue weighted by Crippen LogP contribution is 2.29. The van der Waals surface area contributed by atoms with Gasteiger partial charge in [0.15, 0.2) is 11.5 Å². The van der Waals surface area contributed by atoms with Crippen LogP contribution in [0.15, 0.2) is 96.4 Å². The van der Waals surface area contributed by atoms with Gasteiger partial charge >= 0.3 is 5.97 Å². The van der Waals surface area contributed by atoms with Gasteiger partial charge in [0.1, 0.15) is 0 Å². The third kappa shape index (κ3) is 5.83. The number of aromatic nitrogens is 1. The molecule has 176 valence electrons. The first kappa shape index (κ1) is 23.5. The number of carbonyl (C=O) groups is 2. The third-order valence-corrected chi connectivity index (χ3v) is 5.17. The molecule has 0 fully saturated rings. The molecule has 3 aromatic carbocycles. The minimum absolute atomic E-state index is 0.305. The molecule has 0 atom stereocenters. The highest BCUT2D eigenvalue weighted by Gasteiger charge is 2.14. The van der Waals surface area contributed by atoms with Gasteiger partial charge in [0.2, 0.25) is 0 Å². The maximum Gasteiger partial charge on any atom is 0.343 e. The highest BCUT2D eigenvalue weighted by molar-refractivity contribution is 5.98. The van der Waals surface area contributed by atoms with E-state index in [9.17, 15) is 9.59 Å². The molecule has 0 unspecified atom stereocenters. The van der Waals surface area contributed by atoms with Crippen molar-refractivity contribution >= 4 is 18.1 Å². The monoisotopic (exact) mass is 467 g/mol. The van der Waals surface area contributed by atoms with Crippen molar-refractivity contribution < 1.29 is 19.1 Å². The summed E-state index contributed by atoms with van der Waals surface area (Å²) in [6.45, 7) is 4.18. The van der Waals surface area contributed by atoms with Crippen LogP contribution in [0.4, 0.5) is 0 Å². The maximum atomic E-state index is 12.7. The fourth-order valence-corrected chi connectivity index (χ4v) is 3.42.